The van der Waals surface area contributed by atoms with E-state index in [2.05, 4.69) is 5.10 Å². The standard InChI is InChI=1S/C13H14N2O3/c1-8-12(13(16)17)11-6-10(4-5-15(11)14-8)18-7-9-2-3-9/h4-6,9H,2-3,7H2,1H3,(H,16,17). The van der Waals surface area contributed by atoms with Crippen LogP contribution in [0.25, 0.3) is 5.52 Å². The van der Waals surface area contributed by atoms with Gasteiger partial charge in [0, 0.05) is 12.3 Å². The van der Waals surface area contributed by atoms with E-state index in [-0.39, 0.29) is 5.56 Å². The van der Waals surface area contributed by atoms with Gasteiger partial charge in [-0.05, 0) is 31.7 Å². The van der Waals surface area contributed by atoms with Crippen LogP contribution in [0.2, 0.25) is 0 Å². The molecule has 1 fully saturated rings. The molecule has 0 unspecified atom stereocenters. The molecule has 1 saturated carbocycles. The maximum absolute atomic E-state index is 11.2. The van der Waals surface area contributed by atoms with E-state index in [0.717, 1.165) is 0 Å². The lowest BCUT2D eigenvalue weighted by atomic mass is 10.2. The fourth-order valence-corrected chi connectivity index (χ4v) is 2.00. The lowest BCUT2D eigenvalue weighted by Crippen LogP contribution is -2.01. The maximum Gasteiger partial charge on any atom is 0.339 e. The minimum atomic E-state index is -0.957. The third-order valence-electron chi connectivity index (χ3n) is 3.18. The van der Waals surface area contributed by atoms with Crippen LogP contribution in [-0.2, 0) is 0 Å². The van der Waals surface area contributed by atoms with Crippen LogP contribution < -0.4 is 4.74 Å². The summed E-state index contributed by atoms with van der Waals surface area (Å²) in [5.74, 6) is 0.422. The van der Waals surface area contributed by atoms with Crippen LogP contribution in [-0.4, -0.2) is 27.3 Å². The molecule has 2 aromatic heterocycles. The lowest BCUT2D eigenvalue weighted by molar-refractivity contribution is 0.0698. The van der Waals surface area contributed by atoms with E-state index in [0.29, 0.717) is 29.5 Å². The number of carbonyl (C=O) groups is 1. The number of aromatic carboxylic acids is 1. The average Bonchev–Trinajstić information content (AvgIpc) is 3.07. The molecule has 0 aromatic carbocycles. The van der Waals surface area contributed by atoms with Crippen molar-refractivity contribution in [3.63, 3.8) is 0 Å². The predicted molar refractivity (Wildman–Crippen MR) is 65.1 cm³/mol. The molecule has 0 atom stereocenters. The Morgan fingerprint density at radius 2 is 2.39 bits per heavy atom. The molecule has 0 amide bonds. The number of carboxylic acids is 1. The summed E-state index contributed by atoms with van der Waals surface area (Å²) in [4.78, 5) is 11.2. The Morgan fingerprint density at radius 3 is 3.06 bits per heavy atom. The summed E-state index contributed by atoms with van der Waals surface area (Å²) < 4.78 is 7.22. The van der Waals surface area contributed by atoms with Crippen molar-refractivity contribution >= 4 is 11.5 Å². The molecule has 0 spiro atoms. The van der Waals surface area contributed by atoms with Crippen LogP contribution in [0.5, 0.6) is 5.75 Å². The number of fused-ring (bicyclic) bond motifs is 1. The van der Waals surface area contributed by atoms with Gasteiger partial charge in [-0.1, -0.05) is 0 Å². The van der Waals surface area contributed by atoms with Gasteiger partial charge in [-0.25, -0.2) is 9.31 Å². The zero-order valence-corrected chi connectivity index (χ0v) is 10.1. The van der Waals surface area contributed by atoms with E-state index in [1.165, 1.54) is 12.8 Å². The number of nitrogens with zero attached hydrogens (tertiary/aromatic N) is 2. The highest BCUT2D eigenvalue weighted by atomic mass is 16.5. The van der Waals surface area contributed by atoms with Crippen LogP contribution in [0.4, 0.5) is 0 Å². The van der Waals surface area contributed by atoms with Crippen molar-refractivity contribution in [2.45, 2.75) is 19.8 Å². The molecular formula is C13H14N2O3. The van der Waals surface area contributed by atoms with E-state index in [4.69, 9.17) is 4.74 Å². The summed E-state index contributed by atoms with van der Waals surface area (Å²) in [6, 6.07) is 3.55. The molecule has 1 aliphatic rings. The van der Waals surface area contributed by atoms with Crippen LogP contribution in [0.3, 0.4) is 0 Å². The van der Waals surface area contributed by atoms with Gasteiger partial charge in [-0.2, -0.15) is 5.10 Å². The predicted octanol–water partition coefficient (Wildman–Crippen LogP) is 2.13. The number of carboxylic acid groups (broad SMARTS) is 1. The number of aryl methyl sites for hydroxylation is 1. The van der Waals surface area contributed by atoms with Gasteiger partial charge in [0.2, 0.25) is 0 Å². The van der Waals surface area contributed by atoms with E-state index >= 15 is 0 Å². The van der Waals surface area contributed by atoms with Gasteiger partial charge >= 0.3 is 5.97 Å². The molecule has 1 N–H and O–H groups in total. The minimum absolute atomic E-state index is 0.242. The van der Waals surface area contributed by atoms with Crippen molar-refractivity contribution in [3.8, 4) is 5.75 Å². The second-order valence-corrected chi connectivity index (χ2v) is 4.71. The molecule has 0 saturated heterocycles. The number of rotatable bonds is 4. The molecule has 3 rings (SSSR count). The highest BCUT2D eigenvalue weighted by molar-refractivity contribution is 5.97. The smallest absolute Gasteiger partial charge is 0.339 e. The van der Waals surface area contributed by atoms with Gasteiger partial charge < -0.3 is 9.84 Å². The summed E-state index contributed by atoms with van der Waals surface area (Å²) in [5, 5.41) is 13.3. The minimum Gasteiger partial charge on any atom is -0.493 e. The lowest BCUT2D eigenvalue weighted by Gasteiger charge is -2.05. The molecule has 0 bridgehead atoms. The first-order valence-corrected chi connectivity index (χ1v) is 6.00. The first-order chi connectivity index (χ1) is 8.65. The quantitative estimate of drug-likeness (QED) is 0.897. The maximum atomic E-state index is 11.2. The topological polar surface area (TPSA) is 63.8 Å². The largest absolute Gasteiger partial charge is 0.493 e. The fraction of sp³-hybridized carbons (Fsp3) is 0.385. The number of pyridine rings is 1. The molecule has 5 heteroatoms. The monoisotopic (exact) mass is 246 g/mol. The van der Waals surface area contributed by atoms with Crippen molar-refractivity contribution in [2.24, 2.45) is 5.92 Å². The van der Waals surface area contributed by atoms with E-state index in [1.807, 2.05) is 6.07 Å². The summed E-state index contributed by atoms with van der Waals surface area (Å²) in [7, 11) is 0. The third-order valence-corrected chi connectivity index (χ3v) is 3.18. The summed E-state index contributed by atoms with van der Waals surface area (Å²) in [6.07, 6.45) is 4.19. The van der Waals surface area contributed by atoms with Gasteiger partial charge in [0.25, 0.3) is 0 Å². The Balaban J connectivity index is 1.97. The molecular weight excluding hydrogens is 232 g/mol. The number of aromatic nitrogens is 2. The molecule has 0 radical (unpaired) electrons. The second-order valence-electron chi connectivity index (χ2n) is 4.71. The molecule has 18 heavy (non-hydrogen) atoms. The Hall–Kier alpha value is -2.04. The Kier molecular flexibility index (Phi) is 2.47. The van der Waals surface area contributed by atoms with E-state index < -0.39 is 5.97 Å². The molecule has 2 heterocycles. The average molecular weight is 246 g/mol. The van der Waals surface area contributed by atoms with E-state index in [9.17, 15) is 9.90 Å². The van der Waals surface area contributed by atoms with Crippen LogP contribution >= 0.6 is 0 Å². The second kappa shape index (κ2) is 4.01. The zero-order chi connectivity index (χ0) is 12.7. The van der Waals surface area contributed by atoms with Crippen LogP contribution in [0.1, 0.15) is 28.9 Å². The van der Waals surface area contributed by atoms with Crippen molar-refractivity contribution in [2.75, 3.05) is 6.61 Å². The van der Waals surface area contributed by atoms with Crippen LogP contribution in [0, 0.1) is 12.8 Å². The van der Waals surface area contributed by atoms with Gasteiger partial charge in [-0.3, -0.25) is 0 Å². The van der Waals surface area contributed by atoms with Crippen molar-refractivity contribution in [3.05, 3.63) is 29.6 Å². The van der Waals surface area contributed by atoms with Crippen molar-refractivity contribution < 1.29 is 14.6 Å². The van der Waals surface area contributed by atoms with Crippen molar-refractivity contribution in [1.82, 2.24) is 9.61 Å². The van der Waals surface area contributed by atoms with Gasteiger partial charge in [0.15, 0.2) is 0 Å². The Morgan fingerprint density at radius 1 is 1.61 bits per heavy atom. The first-order valence-electron chi connectivity index (χ1n) is 6.00. The normalized spacial score (nSPS) is 14.9. The van der Waals surface area contributed by atoms with Gasteiger partial charge in [0.05, 0.1) is 17.8 Å². The number of hydrogen-bond donors (Lipinski definition) is 1. The summed E-state index contributed by atoms with van der Waals surface area (Å²) >= 11 is 0. The van der Waals surface area contributed by atoms with Crippen LogP contribution in [0.15, 0.2) is 18.3 Å². The number of ether oxygens (including phenoxy) is 1. The van der Waals surface area contributed by atoms with E-state index in [1.54, 1.807) is 23.7 Å². The highest BCUT2D eigenvalue weighted by Gasteiger charge is 2.22. The molecule has 94 valence electrons. The SMILES string of the molecule is Cc1nn2ccc(OCC3CC3)cc2c1C(=O)O. The Bertz CT molecular complexity index is 614. The summed E-state index contributed by atoms with van der Waals surface area (Å²) in [6.45, 7) is 2.41. The third kappa shape index (κ3) is 1.92. The molecule has 2 aromatic rings. The molecule has 0 aliphatic heterocycles. The number of hydrogen-bond acceptors (Lipinski definition) is 3. The van der Waals surface area contributed by atoms with Gasteiger partial charge in [-0.15, -0.1) is 0 Å². The zero-order valence-electron chi connectivity index (χ0n) is 10.1. The van der Waals surface area contributed by atoms with Crippen molar-refractivity contribution in [1.29, 1.82) is 0 Å². The summed E-state index contributed by atoms with van der Waals surface area (Å²) in [5.41, 5.74) is 1.34. The molecule has 5 nitrogen and oxygen atoms in total. The highest BCUT2D eigenvalue weighted by Crippen LogP contribution is 2.30. The molecule has 1 aliphatic carbocycles. The van der Waals surface area contributed by atoms with Gasteiger partial charge in [0.1, 0.15) is 11.3 Å². The fourth-order valence-electron chi connectivity index (χ4n) is 2.00. The Labute approximate surface area is 104 Å². The first kappa shape index (κ1) is 11.1.